The first-order chi connectivity index (χ1) is 9.26. The van der Waals surface area contributed by atoms with Crippen molar-refractivity contribution in [3.8, 4) is 0 Å². The molecular formula is C15H26N4. The lowest BCUT2D eigenvalue weighted by Gasteiger charge is -2.27. The van der Waals surface area contributed by atoms with Gasteiger partial charge in [-0.15, -0.1) is 0 Å². The van der Waals surface area contributed by atoms with Gasteiger partial charge in [-0.2, -0.15) is 0 Å². The van der Waals surface area contributed by atoms with Gasteiger partial charge in [-0.05, 0) is 45.1 Å². The first kappa shape index (κ1) is 14.3. The minimum Gasteiger partial charge on any atom is -0.356 e. The van der Waals surface area contributed by atoms with Crippen molar-refractivity contribution in [3.05, 3.63) is 17.6 Å². The fourth-order valence-electron chi connectivity index (χ4n) is 2.77. The third kappa shape index (κ3) is 3.44. The molecule has 1 aromatic heterocycles. The Morgan fingerprint density at radius 2 is 2.05 bits per heavy atom. The Balaban J connectivity index is 2.27. The Morgan fingerprint density at radius 3 is 2.79 bits per heavy atom. The van der Waals surface area contributed by atoms with E-state index in [1.165, 1.54) is 30.5 Å². The fourth-order valence-corrected chi connectivity index (χ4v) is 2.77. The summed E-state index contributed by atoms with van der Waals surface area (Å²) in [6.45, 7) is 7.07. The van der Waals surface area contributed by atoms with Crippen LogP contribution in [0.3, 0.4) is 0 Å². The lowest BCUT2D eigenvalue weighted by atomic mass is 10.1. The number of hydrogen-bond donors (Lipinski definition) is 1. The second kappa shape index (κ2) is 6.85. The number of rotatable bonds is 5. The maximum absolute atomic E-state index is 5.76. The highest BCUT2D eigenvalue weighted by Crippen LogP contribution is 2.26. The van der Waals surface area contributed by atoms with Gasteiger partial charge in [0.1, 0.15) is 12.1 Å². The highest BCUT2D eigenvalue weighted by Gasteiger charge is 2.19. The van der Waals surface area contributed by atoms with E-state index >= 15 is 0 Å². The molecule has 4 nitrogen and oxygen atoms in total. The van der Waals surface area contributed by atoms with E-state index in [0.29, 0.717) is 5.92 Å². The summed E-state index contributed by atoms with van der Waals surface area (Å²) < 4.78 is 0. The Bertz CT molecular complexity index is 405. The first-order valence-electron chi connectivity index (χ1n) is 7.54. The highest BCUT2D eigenvalue weighted by molar-refractivity contribution is 5.49. The van der Waals surface area contributed by atoms with E-state index in [-0.39, 0.29) is 0 Å². The predicted molar refractivity (Wildman–Crippen MR) is 79.4 cm³/mol. The summed E-state index contributed by atoms with van der Waals surface area (Å²) in [5.41, 5.74) is 8.40. The van der Waals surface area contributed by atoms with Crippen molar-refractivity contribution in [2.45, 2.75) is 46.0 Å². The number of hydrogen-bond acceptors (Lipinski definition) is 4. The van der Waals surface area contributed by atoms with E-state index in [1.54, 1.807) is 6.33 Å². The normalized spacial score (nSPS) is 16.6. The summed E-state index contributed by atoms with van der Waals surface area (Å²) in [6.07, 6.45) is 7.79. The van der Waals surface area contributed by atoms with Gasteiger partial charge in [0.05, 0.1) is 0 Å². The van der Waals surface area contributed by atoms with Crippen molar-refractivity contribution in [1.29, 1.82) is 0 Å². The summed E-state index contributed by atoms with van der Waals surface area (Å²) in [7, 11) is 0. The van der Waals surface area contributed by atoms with E-state index in [2.05, 4.69) is 28.7 Å². The van der Waals surface area contributed by atoms with Gasteiger partial charge in [0.2, 0.25) is 0 Å². The molecule has 19 heavy (non-hydrogen) atoms. The van der Waals surface area contributed by atoms with Crippen LogP contribution in [0.15, 0.2) is 6.33 Å². The lowest BCUT2D eigenvalue weighted by molar-refractivity contribution is 0.571. The van der Waals surface area contributed by atoms with Gasteiger partial charge in [0.25, 0.3) is 0 Å². The molecule has 2 N–H and O–H groups in total. The van der Waals surface area contributed by atoms with Crippen LogP contribution >= 0.6 is 0 Å². The quantitative estimate of drug-likeness (QED) is 0.826. The third-order valence-corrected chi connectivity index (χ3v) is 3.97. The highest BCUT2D eigenvalue weighted by atomic mass is 15.2. The molecule has 106 valence electrons. The Labute approximate surface area is 116 Å². The molecule has 4 heteroatoms. The number of fused-ring (bicyclic) bond motifs is 1. The molecule has 1 unspecified atom stereocenters. The summed E-state index contributed by atoms with van der Waals surface area (Å²) >= 11 is 0. The maximum atomic E-state index is 5.76. The molecule has 1 atom stereocenters. The van der Waals surface area contributed by atoms with Gasteiger partial charge in [-0.3, -0.25) is 0 Å². The summed E-state index contributed by atoms with van der Waals surface area (Å²) in [6, 6.07) is 0. The second-order valence-electron chi connectivity index (χ2n) is 5.56. The number of aromatic nitrogens is 2. The molecule has 0 spiro atoms. The largest absolute Gasteiger partial charge is 0.356 e. The van der Waals surface area contributed by atoms with Crippen LogP contribution in [-0.2, 0) is 12.8 Å². The van der Waals surface area contributed by atoms with E-state index in [9.17, 15) is 0 Å². The van der Waals surface area contributed by atoms with Crippen LogP contribution in [0.2, 0.25) is 0 Å². The monoisotopic (exact) mass is 262 g/mol. The third-order valence-electron chi connectivity index (χ3n) is 3.97. The smallest absolute Gasteiger partial charge is 0.135 e. The summed E-state index contributed by atoms with van der Waals surface area (Å²) in [4.78, 5) is 11.4. The molecule has 2 rings (SSSR count). The van der Waals surface area contributed by atoms with Crippen LogP contribution in [0.4, 0.5) is 5.82 Å². The molecule has 1 aromatic rings. The van der Waals surface area contributed by atoms with E-state index in [1.807, 2.05) is 0 Å². The zero-order valence-electron chi connectivity index (χ0n) is 12.2. The van der Waals surface area contributed by atoms with Gasteiger partial charge in [-0.1, -0.05) is 13.3 Å². The van der Waals surface area contributed by atoms with E-state index in [4.69, 9.17) is 5.73 Å². The number of nitrogens with zero attached hydrogens (tertiary/aromatic N) is 3. The number of anilines is 1. The van der Waals surface area contributed by atoms with Gasteiger partial charge in [0, 0.05) is 24.3 Å². The van der Waals surface area contributed by atoms with Crippen LogP contribution < -0.4 is 10.6 Å². The van der Waals surface area contributed by atoms with Crippen molar-refractivity contribution in [3.63, 3.8) is 0 Å². The summed E-state index contributed by atoms with van der Waals surface area (Å²) in [5, 5.41) is 0. The predicted octanol–water partition coefficient (Wildman–Crippen LogP) is 2.17. The molecule has 0 saturated heterocycles. The molecule has 1 heterocycles. The lowest BCUT2D eigenvalue weighted by Crippen LogP contribution is -2.33. The molecule has 0 aromatic carbocycles. The topological polar surface area (TPSA) is 55.0 Å². The minimum absolute atomic E-state index is 0.497. The maximum Gasteiger partial charge on any atom is 0.135 e. The molecule has 0 bridgehead atoms. The van der Waals surface area contributed by atoms with Crippen molar-refractivity contribution in [1.82, 2.24) is 9.97 Å². The van der Waals surface area contributed by atoms with Crippen molar-refractivity contribution in [2.24, 2.45) is 11.7 Å². The van der Waals surface area contributed by atoms with Gasteiger partial charge >= 0.3 is 0 Å². The van der Waals surface area contributed by atoms with Gasteiger partial charge < -0.3 is 10.6 Å². The molecule has 1 aliphatic carbocycles. The second-order valence-corrected chi connectivity index (χ2v) is 5.56. The van der Waals surface area contributed by atoms with Gasteiger partial charge in [0.15, 0.2) is 0 Å². The zero-order valence-corrected chi connectivity index (χ0v) is 12.2. The number of aryl methyl sites for hydroxylation is 1. The molecule has 0 aliphatic heterocycles. The average Bonchev–Trinajstić information content (AvgIpc) is 2.69. The molecule has 0 saturated carbocycles. The van der Waals surface area contributed by atoms with Crippen LogP contribution in [0.25, 0.3) is 0 Å². The SMILES string of the molecule is CCN(CC(C)CN)c1ncnc2c1CCCCC2. The van der Waals surface area contributed by atoms with Crippen molar-refractivity contribution in [2.75, 3.05) is 24.5 Å². The average molecular weight is 262 g/mol. The van der Waals surface area contributed by atoms with Crippen LogP contribution in [0, 0.1) is 5.92 Å². The minimum atomic E-state index is 0.497. The molecule has 0 radical (unpaired) electrons. The Hall–Kier alpha value is -1.16. The Morgan fingerprint density at radius 1 is 1.26 bits per heavy atom. The molecule has 1 aliphatic rings. The van der Waals surface area contributed by atoms with Crippen LogP contribution in [0.5, 0.6) is 0 Å². The van der Waals surface area contributed by atoms with Crippen molar-refractivity contribution >= 4 is 5.82 Å². The standard InChI is InChI=1S/C15H26N4/c1-3-19(10-12(2)9-16)15-13-7-5-4-6-8-14(13)17-11-18-15/h11-12H,3-10,16H2,1-2H3. The van der Waals surface area contributed by atoms with E-state index < -0.39 is 0 Å². The molecule has 0 fully saturated rings. The molecule has 0 amide bonds. The van der Waals surface area contributed by atoms with E-state index in [0.717, 1.165) is 38.3 Å². The van der Waals surface area contributed by atoms with Crippen LogP contribution in [0.1, 0.15) is 44.4 Å². The van der Waals surface area contributed by atoms with Gasteiger partial charge in [-0.25, -0.2) is 9.97 Å². The first-order valence-corrected chi connectivity index (χ1v) is 7.54. The van der Waals surface area contributed by atoms with Crippen molar-refractivity contribution < 1.29 is 0 Å². The van der Waals surface area contributed by atoms with Crippen LogP contribution in [-0.4, -0.2) is 29.6 Å². The summed E-state index contributed by atoms with van der Waals surface area (Å²) in [5.74, 6) is 1.64. The zero-order chi connectivity index (χ0) is 13.7. The Kier molecular flexibility index (Phi) is 5.14. The fraction of sp³-hybridized carbons (Fsp3) is 0.733. The molecular weight excluding hydrogens is 236 g/mol. The number of nitrogens with two attached hydrogens (primary N) is 1.